The van der Waals surface area contributed by atoms with E-state index in [1.54, 1.807) is 0 Å². The second-order valence-corrected chi connectivity index (χ2v) is 5.64. The van der Waals surface area contributed by atoms with Gasteiger partial charge < -0.3 is 5.73 Å². The van der Waals surface area contributed by atoms with E-state index in [-0.39, 0.29) is 0 Å². The maximum atomic E-state index is 6.29. The van der Waals surface area contributed by atoms with Gasteiger partial charge in [0.2, 0.25) is 0 Å². The molecule has 18 heavy (non-hydrogen) atoms. The molecule has 0 saturated carbocycles. The number of rotatable bonds is 4. The Balaban J connectivity index is 1.91. The number of hydrogen-bond acceptors (Lipinski definition) is 3. The van der Waals surface area contributed by atoms with Crippen LogP contribution in [0.3, 0.4) is 0 Å². The van der Waals surface area contributed by atoms with Gasteiger partial charge in [-0.1, -0.05) is 11.6 Å². The van der Waals surface area contributed by atoms with Gasteiger partial charge in [-0.15, -0.1) is 0 Å². The summed E-state index contributed by atoms with van der Waals surface area (Å²) in [5.74, 6) is 0.815. The molecule has 0 aromatic carbocycles. The third-order valence-corrected chi connectivity index (χ3v) is 4.41. The van der Waals surface area contributed by atoms with Crippen molar-refractivity contribution in [2.75, 3.05) is 19.6 Å². The van der Waals surface area contributed by atoms with E-state index in [0.717, 1.165) is 48.5 Å². The molecule has 5 heteroatoms. The van der Waals surface area contributed by atoms with Crippen LogP contribution in [0, 0.1) is 12.8 Å². The van der Waals surface area contributed by atoms with E-state index in [0.29, 0.717) is 0 Å². The van der Waals surface area contributed by atoms with E-state index < -0.39 is 0 Å². The van der Waals surface area contributed by atoms with Crippen LogP contribution in [0.2, 0.25) is 5.02 Å². The molecule has 102 valence electrons. The molecule has 1 fully saturated rings. The number of nitrogens with two attached hydrogens (primary N) is 1. The Labute approximate surface area is 114 Å². The molecule has 0 radical (unpaired) electrons. The lowest BCUT2D eigenvalue weighted by Crippen LogP contribution is -2.34. The summed E-state index contributed by atoms with van der Waals surface area (Å²) in [5.41, 5.74) is 7.67. The molecule has 0 spiro atoms. The highest BCUT2D eigenvalue weighted by Gasteiger charge is 2.21. The van der Waals surface area contributed by atoms with E-state index in [1.807, 2.05) is 18.7 Å². The highest BCUT2D eigenvalue weighted by Crippen LogP contribution is 2.25. The van der Waals surface area contributed by atoms with Gasteiger partial charge in [0.25, 0.3) is 0 Å². The van der Waals surface area contributed by atoms with Crippen LogP contribution in [0.25, 0.3) is 0 Å². The van der Waals surface area contributed by atoms with Gasteiger partial charge in [-0.05, 0) is 51.7 Å². The average molecular weight is 271 g/mol. The smallest absolute Gasteiger partial charge is 0.0860 e. The summed E-state index contributed by atoms with van der Waals surface area (Å²) in [6, 6.07) is 0. The minimum Gasteiger partial charge on any atom is -0.330 e. The number of aryl methyl sites for hydroxylation is 2. The number of piperidine rings is 1. The van der Waals surface area contributed by atoms with Crippen LogP contribution in [0.15, 0.2) is 0 Å². The number of nitrogens with zero attached hydrogens (tertiary/aromatic N) is 3. The topological polar surface area (TPSA) is 47.1 Å². The molecule has 0 amide bonds. The first kappa shape index (κ1) is 13.8. The summed E-state index contributed by atoms with van der Waals surface area (Å²) in [6.45, 7) is 5.97. The lowest BCUT2D eigenvalue weighted by Gasteiger charge is -2.31. The average Bonchev–Trinajstić information content (AvgIpc) is 2.59. The van der Waals surface area contributed by atoms with Crippen molar-refractivity contribution in [2.45, 2.75) is 32.7 Å². The molecule has 1 aromatic rings. The maximum absolute atomic E-state index is 6.29. The Kier molecular flexibility index (Phi) is 4.65. The quantitative estimate of drug-likeness (QED) is 0.910. The molecule has 1 aromatic heterocycles. The summed E-state index contributed by atoms with van der Waals surface area (Å²) in [6.07, 6.45) is 3.68. The highest BCUT2D eigenvalue weighted by molar-refractivity contribution is 6.31. The Morgan fingerprint density at radius 3 is 2.56 bits per heavy atom. The lowest BCUT2D eigenvalue weighted by atomic mass is 9.93. The third kappa shape index (κ3) is 3.05. The number of hydrogen-bond donors (Lipinski definition) is 1. The third-order valence-electron chi connectivity index (χ3n) is 3.92. The second kappa shape index (κ2) is 6.04. The molecule has 2 N–H and O–H groups in total. The first-order chi connectivity index (χ1) is 8.61. The molecule has 2 heterocycles. The highest BCUT2D eigenvalue weighted by atomic mass is 35.5. The zero-order valence-corrected chi connectivity index (χ0v) is 12.1. The Morgan fingerprint density at radius 1 is 1.39 bits per heavy atom. The fraction of sp³-hybridized carbons (Fsp3) is 0.769. The zero-order valence-electron chi connectivity index (χ0n) is 11.3. The summed E-state index contributed by atoms with van der Waals surface area (Å²) in [7, 11) is 1.97. The predicted molar refractivity (Wildman–Crippen MR) is 74.6 cm³/mol. The second-order valence-electron chi connectivity index (χ2n) is 5.27. The van der Waals surface area contributed by atoms with Crippen LogP contribution in [0.4, 0.5) is 0 Å². The van der Waals surface area contributed by atoms with Gasteiger partial charge in [-0.25, -0.2) is 0 Å². The predicted octanol–water partition coefficient (Wildman–Crippen LogP) is 1.94. The lowest BCUT2D eigenvalue weighted by molar-refractivity contribution is 0.170. The summed E-state index contributed by atoms with van der Waals surface area (Å²) in [4.78, 5) is 2.47. The van der Waals surface area contributed by atoms with Crippen molar-refractivity contribution >= 4 is 11.6 Å². The van der Waals surface area contributed by atoms with Crippen LogP contribution in [-0.4, -0.2) is 34.3 Å². The Morgan fingerprint density at radius 2 is 2.06 bits per heavy atom. The van der Waals surface area contributed by atoms with Crippen molar-refractivity contribution in [1.82, 2.24) is 14.7 Å². The fourth-order valence-corrected chi connectivity index (χ4v) is 2.95. The number of aromatic nitrogens is 2. The molecule has 0 aliphatic carbocycles. The monoisotopic (exact) mass is 270 g/mol. The van der Waals surface area contributed by atoms with E-state index >= 15 is 0 Å². The molecule has 1 saturated heterocycles. The van der Waals surface area contributed by atoms with E-state index in [2.05, 4.69) is 10.00 Å². The zero-order chi connectivity index (χ0) is 13.1. The Bertz CT molecular complexity index is 394. The fourth-order valence-electron chi connectivity index (χ4n) is 2.73. The molecule has 1 aliphatic rings. The summed E-state index contributed by atoms with van der Waals surface area (Å²) in [5, 5.41) is 5.18. The molecule has 0 atom stereocenters. The van der Waals surface area contributed by atoms with Gasteiger partial charge in [-0.3, -0.25) is 9.58 Å². The SMILES string of the molecule is Cc1nn(C)c(CN2CCC(CCN)CC2)c1Cl. The van der Waals surface area contributed by atoms with Gasteiger partial charge in [0.15, 0.2) is 0 Å². The van der Waals surface area contributed by atoms with E-state index in [1.165, 1.54) is 19.3 Å². The normalized spacial score (nSPS) is 18.4. The molecule has 2 rings (SSSR count). The van der Waals surface area contributed by atoms with Crippen LogP contribution >= 0.6 is 11.6 Å². The van der Waals surface area contributed by atoms with Crippen LogP contribution < -0.4 is 5.73 Å². The van der Waals surface area contributed by atoms with Crippen molar-refractivity contribution in [1.29, 1.82) is 0 Å². The maximum Gasteiger partial charge on any atom is 0.0860 e. The van der Waals surface area contributed by atoms with Crippen molar-refractivity contribution in [3.63, 3.8) is 0 Å². The molecule has 0 unspecified atom stereocenters. The van der Waals surface area contributed by atoms with Gasteiger partial charge in [-0.2, -0.15) is 5.10 Å². The molecule has 0 bridgehead atoms. The standard InChI is InChI=1S/C13H23ClN4/c1-10-13(14)12(17(2)16-10)9-18-7-4-11(3-6-15)5-8-18/h11H,3-9,15H2,1-2H3. The minimum absolute atomic E-state index is 0.815. The van der Waals surface area contributed by atoms with Crippen molar-refractivity contribution < 1.29 is 0 Å². The summed E-state index contributed by atoms with van der Waals surface area (Å²) < 4.78 is 1.91. The largest absolute Gasteiger partial charge is 0.330 e. The molecule has 1 aliphatic heterocycles. The van der Waals surface area contributed by atoms with Gasteiger partial charge in [0, 0.05) is 13.6 Å². The van der Waals surface area contributed by atoms with Crippen molar-refractivity contribution in [2.24, 2.45) is 18.7 Å². The molecule has 4 nitrogen and oxygen atoms in total. The van der Waals surface area contributed by atoms with Crippen LogP contribution in [0.5, 0.6) is 0 Å². The first-order valence-electron chi connectivity index (χ1n) is 6.72. The van der Waals surface area contributed by atoms with Crippen molar-refractivity contribution in [3.8, 4) is 0 Å². The first-order valence-corrected chi connectivity index (χ1v) is 7.10. The van der Waals surface area contributed by atoms with E-state index in [4.69, 9.17) is 17.3 Å². The number of halogens is 1. The van der Waals surface area contributed by atoms with Crippen LogP contribution in [-0.2, 0) is 13.6 Å². The van der Waals surface area contributed by atoms with Gasteiger partial charge >= 0.3 is 0 Å². The number of likely N-dealkylation sites (tertiary alicyclic amines) is 1. The van der Waals surface area contributed by atoms with Crippen molar-refractivity contribution in [3.05, 3.63) is 16.4 Å². The van der Waals surface area contributed by atoms with E-state index in [9.17, 15) is 0 Å². The Hall–Kier alpha value is -0.580. The minimum atomic E-state index is 0.815. The molecular formula is C13H23ClN4. The molecular weight excluding hydrogens is 248 g/mol. The summed E-state index contributed by atoms with van der Waals surface area (Å²) >= 11 is 6.29. The van der Waals surface area contributed by atoms with Gasteiger partial charge in [0.05, 0.1) is 16.4 Å². The van der Waals surface area contributed by atoms with Crippen LogP contribution in [0.1, 0.15) is 30.7 Å². The van der Waals surface area contributed by atoms with Gasteiger partial charge in [0.1, 0.15) is 0 Å².